The highest BCUT2D eigenvalue weighted by atomic mass is 19.4. The predicted molar refractivity (Wildman–Crippen MR) is 117 cm³/mol. The van der Waals surface area contributed by atoms with Gasteiger partial charge in [0, 0.05) is 44.7 Å². The van der Waals surface area contributed by atoms with Gasteiger partial charge in [0.25, 0.3) is 0 Å². The van der Waals surface area contributed by atoms with Crippen LogP contribution in [-0.4, -0.2) is 64.8 Å². The molecule has 5 N–H and O–H groups in total. The van der Waals surface area contributed by atoms with E-state index in [1.165, 1.54) is 6.92 Å². The van der Waals surface area contributed by atoms with E-state index in [-0.39, 0.29) is 19.0 Å². The van der Waals surface area contributed by atoms with Gasteiger partial charge in [-0.1, -0.05) is 30.3 Å². The Balaban J connectivity index is 1.98. The molecule has 2 aromatic rings. The normalized spacial score (nSPS) is 13.0. The van der Waals surface area contributed by atoms with Gasteiger partial charge in [-0.05, 0) is 6.92 Å². The number of carbonyl (C=O) groups excluding carboxylic acids is 2. The summed E-state index contributed by atoms with van der Waals surface area (Å²) < 4.78 is 38.1. The minimum Gasteiger partial charge on any atom is -0.380 e. The van der Waals surface area contributed by atoms with E-state index in [2.05, 4.69) is 31.2 Å². The highest BCUT2D eigenvalue weighted by molar-refractivity contribution is 5.77. The van der Waals surface area contributed by atoms with Gasteiger partial charge in [-0.2, -0.15) is 13.2 Å². The number of nitrogens with one attached hydrogen (secondary N) is 4. The molecule has 0 saturated carbocycles. The van der Waals surface area contributed by atoms with Crippen molar-refractivity contribution in [1.29, 1.82) is 0 Å². The quantitative estimate of drug-likeness (QED) is 0.319. The zero-order valence-corrected chi connectivity index (χ0v) is 18.3. The topological polar surface area (TPSA) is 128 Å². The van der Waals surface area contributed by atoms with Gasteiger partial charge in [-0.25, -0.2) is 9.97 Å². The van der Waals surface area contributed by atoms with Crippen LogP contribution in [0.25, 0.3) is 11.4 Å². The number of benzene rings is 1. The Kier molecular flexibility index (Phi) is 8.97. The molecule has 2 rings (SSSR count). The number of rotatable bonds is 11. The smallest absolute Gasteiger partial charge is 0.380 e. The van der Waals surface area contributed by atoms with Crippen LogP contribution in [0, 0.1) is 0 Å². The second-order valence-corrected chi connectivity index (χ2v) is 7.46. The molecule has 0 radical (unpaired) electrons. The molecule has 0 bridgehead atoms. The van der Waals surface area contributed by atoms with Gasteiger partial charge in [0.2, 0.25) is 11.8 Å². The molecule has 33 heavy (non-hydrogen) atoms. The van der Waals surface area contributed by atoms with Crippen molar-refractivity contribution in [3.05, 3.63) is 36.4 Å². The third kappa shape index (κ3) is 8.56. The van der Waals surface area contributed by atoms with Gasteiger partial charge in [0.05, 0.1) is 6.42 Å². The zero-order valence-electron chi connectivity index (χ0n) is 18.3. The van der Waals surface area contributed by atoms with Gasteiger partial charge < -0.3 is 26.4 Å². The zero-order chi connectivity index (χ0) is 24.5. The van der Waals surface area contributed by atoms with E-state index in [9.17, 15) is 27.9 Å². The first-order chi connectivity index (χ1) is 15.5. The van der Waals surface area contributed by atoms with Crippen LogP contribution in [0.5, 0.6) is 0 Å². The maximum Gasteiger partial charge on any atom is 0.417 e. The average Bonchev–Trinajstić information content (AvgIpc) is 2.73. The Morgan fingerprint density at radius 3 is 2.00 bits per heavy atom. The summed E-state index contributed by atoms with van der Waals surface area (Å²) in [5, 5.41) is 20.5. The second kappa shape index (κ2) is 11.5. The van der Waals surface area contributed by atoms with Crippen molar-refractivity contribution < 1.29 is 27.9 Å². The Bertz CT molecular complexity index is 939. The highest BCUT2D eigenvalue weighted by Crippen LogP contribution is 2.32. The minimum absolute atomic E-state index is 0.0166. The molecule has 2 amide bonds. The molecule has 180 valence electrons. The van der Waals surface area contributed by atoms with Crippen LogP contribution in [0.2, 0.25) is 0 Å². The first-order valence-electron chi connectivity index (χ1n) is 10.2. The number of carbonyl (C=O) groups is 2. The van der Waals surface area contributed by atoms with Gasteiger partial charge in [-0.15, -0.1) is 0 Å². The van der Waals surface area contributed by atoms with E-state index in [0.717, 1.165) is 5.56 Å². The number of aliphatic hydroxyl groups is 1. The molecule has 0 aliphatic carbocycles. The first-order valence-corrected chi connectivity index (χ1v) is 10.2. The summed E-state index contributed by atoms with van der Waals surface area (Å²) in [6.45, 7) is 3.00. The highest BCUT2D eigenvalue weighted by Gasteiger charge is 2.50. The summed E-state index contributed by atoms with van der Waals surface area (Å²) in [6.07, 6.45) is -5.99. The minimum atomic E-state index is -4.90. The fraction of sp³-hybridized carbons (Fsp3) is 0.429. The van der Waals surface area contributed by atoms with Crippen LogP contribution in [0.3, 0.4) is 0 Å². The SMILES string of the molecule is CC(=O)NCCNc1cc(NCCNC(=O)CC(C)(O)C(F)(F)F)nc(-c2ccccc2)n1. The van der Waals surface area contributed by atoms with Crippen molar-refractivity contribution in [1.82, 2.24) is 20.6 Å². The molecule has 12 heteroatoms. The lowest BCUT2D eigenvalue weighted by Gasteiger charge is -2.25. The Morgan fingerprint density at radius 1 is 0.939 bits per heavy atom. The third-order valence-electron chi connectivity index (χ3n) is 4.43. The third-order valence-corrected chi connectivity index (χ3v) is 4.43. The molecule has 1 heterocycles. The Morgan fingerprint density at radius 2 is 1.48 bits per heavy atom. The number of halogens is 3. The summed E-state index contributed by atoms with van der Waals surface area (Å²) in [5.74, 6) is 0.301. The molecule has 1 aromatic carbocycles. The molecular weight excluding hydrogens is 441 g/mol. The van der Waals surface area contributed by atoms with Crippen molar-refractivity contribution in [3.63, 3.8) is 0 Å². The Hall–Kier alpha value is -3.41. The molecular formula is C21H27F3N6O3. The van der Waals surface area contributed by atoms with Gasteiger partial charge >= 0.3 is 6.18 Å². The summed E-state index contributed by atoms with van der Waals surface area (Å²) in [6, 6.07) is 10.9. The number of nitrogens with zero attached hydrogens (tertiary/aromatic N) is 2. The summed E-state index contributed by atoms with van der Waals surface area (Å²) in [5.41, 5.74) is -2.33. The standard InChI is InChI=1S/C21H27F3N6O3/c1-14(31)25-8-9-26-16-12-17(30-19(29-16)15-6-4-3-5-7-15)27-10-11-28-18(32)13-20(2,33)21(22,23)24/h3-7,12,33H,8-11,13H2,1-2H3,(H,25,31)(H,28,32)(H2,26,27,29,30). The van der Waals surface area contributed by atoms with Gasteiger partial charge in [-0.3, -0.25) is 9.59 Å². The van der Waals surface area contributed by atoms with Crippen molar-refractivity contribution >= 4 is 23.5 Å². The van der Waals surface area contributed by atoms with E-state index in [1.807, 2.05) is 30.3 Å². The van der Waals surface area contributed by atoms with Crippen LogP contribution < -0.4 is 21.3 Å². The van der Waals surface area contributed by atoms with Crippen LogP contribution >= 0.6 is 0 Å². The number of hydrogen-bond acceptors (Lipinski definition) is 7. The lowest BCUT2D eigenvalue weighted by Crippen LogP contribution is -2.46. The van der Waals surface area contributed by atoms with Crippen molar-refractivity contribution in [2.45, 2.75) is 32.0 Å². The van der Waals surface area contributed by atoms with Crippen LogP contribution in [-0.2, 0) is 9.59 Å². The molecule has 0 saturated heterocycles. The molecule has 9 nitrogen and oxygen atoms in total. The number of hydrogen-bond donors (Lipinski definition) is 5. The van der Waals surface area contributed by atoms with Crippen LogP contribution in [0.1, 0.15) is 20.3 Å². The number of amides is 2. The average molecular weight is 468 g/mol. The first kappa shape index (κ1) is 25.8. The number of aromatic nitrogens is 2. The fourth-order valence-electron chi connectivity index (χ4n) is 2.64. The molecule has 1 aromatic heterocycles. The van der Waals surface area contributed by atoms with E-state index in [0.29, 0.717) is 37.5 Å². The fourth-order valence-corrected chi connectivity index (χ4v) is 2.64. The van der Waals surface area contributed by atoms with E-state index in [1.54, 1.807) is 6.07 Å². The van der Waals surface area contributed by atoms with E-state index < -0.39 is 24.1 Å². The second-order valence-electron chi connectivity index (χ2n) is 7.46. The van der Waals surface area contributed by atoms with Crippen LogP contribution in [0.15, 0.2) is 36.4 Å². The number of alkyl halides is 3. The van der Waals surface area contributed by atoms with Gasteiger partial charge in [0.1, 0.15) is 11.6 Å². The predicted octanol–water partition coefficient (Wildman–Crippen LogP) is 1.92. The lowest BCUT2D eigenvalue weighted by atomic mass is 10.0. The van der Waals surface area contributed by atoms with Crippen molar-refractivity contribution in [2.24, 2.45) is 0 Å². The van der Waals surface area contributed by atoms with Gasteiger partial charge in [0.15, 0.2) is 11.4 Å². The molecule has 0 fully saturated rings. The monoisotopic (exact) mass is 468 g/mol. The summed E-state index contributed by atoms with van der Waals surface area (Å²) >= 11 is 0. The summed E-state index contributed by atoms with van der Waals surface area (Å²) in [7, 11) is 0. The maximum atomic E-state index is 12.7. The van der Waals surface area contributed by atoms with E-state index in [4.69, 9.17) is 0 Å². The molecule has 1 unspecified atom stereocenters. The Labute approximate surface area is 189 Å². The molecule has 1 atom stereocenters. The number of anilines is 2. The molecule has 0 aliphatic rings. The summed E-state index contributed by atoms with van der Waals surface area (Å²) in [4.78, 5) is 31.6. The molecule has 0 aliphatic heterocycles. The van der Waals surface area contributed by atoms with Crippen molar-refractivity contribution in [3.8, 4) is 11.4 Å². The maximum absolute atomic E-state index is 12.7. The van der Waals surface area contributed by atoms with Crippen LogP contribution in [0.4, 0.5) is 24.8 Å². The largest absolute Gasteiger partial charge is 0.417 e. The van der Waals surface area contributed by atoms with Crippen molar-refractivity contribution in [2.75, 3.05) is 36.8 Å². The lowest BCUT2D eigenvalue weighted by molar-refractivity contribution is -0.253. The molecule has 0 spiro atoms. The van der Waals surface area contributed by atoms with E-state index >= 15 is 0 Å².